The Kier molecular flexibility index (Phi) is 4.84. The molecule has 3 aromatic heterocycles. The minimum atomic E-state index is -0.0510. The van der Waals surface area contributed by atoms with Gasteiger partial charge in [0.25, 0.3) is 0 Å². The number of carbonyl (C=O) groups is 1. The van der Waals surface area contributed by atoms with Crippen LogP contribution in [0.4, 0.5) is 5.82 Å². The van der Waals surface area contributed by atoms with Crippen molar-refractivity contribution in [2.45, 2.75) is 40.5 Å². The second-order valence-corrected chi connectivity index (χ2v) is 7.16. The van der Waals surface area contributed by atoms with Gasteiger partial charge in [-0.3, -0.25) is 4.79 Å². The van der Waals surface area contributed by atoms with Gasteiger partial charge in [-0.05, 0) is 38.8 Å². The summed E-state index contributed by atoms with van der Waals surface area (Å²) in [6.07, 6.45) is 4.46. The monoisotopic (exact) mass is 389 g/mol. The van der Waals surface area contributed by atoms with Crippen LogP contribution in [0.3, 0.4) is 0 Å². The molecule has 8 heteroatoms. The average molecular weight is 389 g/mol. The third kappa shape index (κ3) is 3.49. The summed E-state index contributed by atoms with van der Waals surface area (Å²) in [6, 6.07) is 8.03. The highest BCUT2D eigenvalue weighted by Crippen LogP contribution is 2.25. The maximum absolute atomic E-state index is 12.1. The van der Waals surface area contributed by atoms with Crippen molar-refractivity contribution >= 4 is 22.8 Å². The van der Waals surface area contributed by atoms with Gasteiger partial charge in [0.1, 0.15) is 12.1 Å². The number of benzene rings is 1. The summed E-state index contributed by atoms with van der Waals surface area (Å²) in [6.45, 7) is 7.96. The second kappa shape index (κ2) is 7.46. The molecule has 0 fully saturated rings. The van der Waals surface area contributed by atoms with Gasteiger partial charge >= 0.3 is 0 Å². The Morgan fingerprint density at radius 2 is 1.93 bits per heavy atom. The van der Waals surface area contributed by atoms with E-state index in [1.807, 2.05) is 26.0 Å². The van der Waals surface area contributed by atoms with Crippen molar-refractivity contribution in [3.05, 3.63) is 53.6 Å². The highest BCUT2D eigenvalue weighted by Gasteiger charge is 2.18. The van der Waals surface area contributed by atoms with E-state index < -0.39 is 0 Å². The molecule has 4 rings (SSSR count). The molecule has 8 nitrogen and oxygen atoms in total. The largest absolute Gasteiger partial charge is 0.311 e. The first-order valence-electron chi connectivity index (χ1n) is 9.61. The predicted octanol–water partition coefficient (Wildman–Crippen LogP) is 3.67. The van der Waals surface area contributed by atoms with Crippen LogP contribution in [0.15, 0.2) is 36.8 Å². The van der Waals surface area contributed by atoms with E-state index in [0.29, 0.717) is 23.7 Å². The van der Waals surface area contributed by atoms with Crippen molar-refractivity contribution in [2.75, 3.05) is 5.32 Å². The molecule has 4 aromatic rings. The number of nitrogens with zero attached hydrogens (tertiary/aromatic N) is 6. The molecule has 3 heterocycles. The summed E-state index contributed by atoms with van der Waals surface area (Å²) in [4.78, 5) is 21.0. The lowest BCUT2D eigenvalue weighted by molar-refractivity contribution is -0.116. The molecule has 1 aromatic carbocycles. The van der Waals surface area contributed by atoms with E-state index in [1.54, 1.807) is 15.6 Å². The number of hydrogen-bond donors (Lipinski definition) is 1. The lowest BCUT2D eigenvalue weighted by atomic mass is 10.1. The zero-order valence-corrected chi connectivity index (χ0v) is 17.0. The van der Waals surface area contributed by atoms with Crippen LogP contribution in [0, 0.1) is 20.8 Å². The van der Waals surface area contributed by atoms with Gasteiger partial charge in [0, 0.05) is 12.5 Å². The van der Waals surface area contributed by atoms with E-state index in [0.717, 1.165) is 28.8 Å². The molecule has 1 amide bonds. The summed E-state index contributed by atoms with van der Waals surface area (Å²) in [7, 11) is 0. The molecule has 0 saturated heterocycles. The van der Waals surface area contributed by atoms with E-state index >= 15 is 0 Å². The fourth-order valence-corrected chi connectivity index (χ4v) is 3.40. The summed E-state index contributed by atoms with van der Waals surface area (Å²) < 4.78 is 3.45. The first-order valence-corrected chi connectivity index (χ1v) is 9.61. The van der Waals surface area contributed by atoms with Gasteiger partial charge in [-0.25, -0.2) is 14.6 Å². The van der Waals surface area contributed by atoms with Gasteiger partial charge in [-0.2, -0.15) is 14.9 Å². The van der Waals surface area contributed by atoms with Crippen LogP contribution in [0.25, 0.3) is 22.5 Å². The van der Waals surface area contributed by atoms with Crippen molar-refractivity contribution in [1.29, 1.82) is 0 Å². The first kappa shape index (κ1) is 18.8. The quantitative estimate of drug-likeness (QED) is 0.562. The van der Waals surface area contributed by atoms with E-state index in [1.165, 1.54) is 11.9 Å². The molecular formula is C21H23N7O. The molecule has 29 heavy (non-hydrogen) atoms. The number of rotatable bonds is 5. The zero-order chi connectivity index (χ0) is 20.5. The number of carbonyl (C=O) groups excluding carboxylic acids is 1. The van der Waals surface area contributed by atoms with Gasteiger partial charge in [0.2, 0.25) is 5.91 Å². The zero-order valence-electron chi connectivity index (χ0n) is 17.0. The van der Waals surface area contributed by atoms with Crippen LogP contribution in [-0.2, 0) is 4.79 Å². The Hall–Kier alpha value is -3.55. The van der Waals surface area contributed by atoms with Gasteiger partial charge in [-0.15, -0.1) is 0 Å². The van der Waals surface area contributed by atoms with Gasteiger partial charge in [0.15, 0.2) is 11.5 Å². The molecule has 0 aliphatic rings. The third-order valence-electron chi connectivity index (χ3n) is 4.70. The smallest absolute Gasteiger partial charge is 0.225 e. The van der Waals surface area contributed by atoms with Gasteiger partial charge < -0.3 is 5.32 Å². The molecule has 0 unspecified atom stereocenters. The summed E-state index contributed by atoms with van der Waals surface area (Å²) >= 11 is 0. The van der Waals surface area contributed by atoms with Crippen LogP contribution in [0.2, 0.25) is 0 Å². The van der Waals surface area contributed by atoms with Crippen LogP contribution < -0.4 is 5.32 Å². The van der Waals surface area contributed by atoms with E-state index in [4.69, 9.17) is 0 Å². The lowest BCUT2D eigenvalue weighted by Crippen LogP contribution is -2.15. The Morgan fingerprint density at radius 3 is 2.69 bits per heavy atom. The Balaban J connectivity index is 1.83. The van der Waals surface area contributed by atoms with Crippen molar-refractivity contribution in [3.63, 3.8) is 0 Å². The van der Waals surface area contributed by atoms with Crippen molar-refractivity contribution in [3.8, 4) is 11.5 Å². The maximum Gasteiger partial charge on any atom is 0.225 e. The summed E-state index contributed by atoms with van der Waals surface area (Å²) in [5, 5.41) is 12.8. The Bertz CT molecular complexity index is 1210. The lowest BCUT2D eigenvalue weighted by Gasteiger charge is -2.10. The normalized spacial score (nSPS) is 11.2. The highest BCUT2D eigenvalue weighted by molar-refractivity contribution is 5.91. The molecular weight excluding hydrogens is 366 g/mol. The Labute approximate surface area is 168 Å². The van der Waals surface area contributed by atoms with E-state index in [2.05, 4.69) is 51.5 Å². The number of fused-ring (bicyclic) bond motifs is 1. The fourth-order valence-electron chi connectivity index (χ4n) is 3.40. The first-order chi connectivity index (χ1) is 14.0. The summed E-state index contributed by atoms with van der Waals surface area (Å²) in [5.74, 6) is 1.11. The standard InChI is InChI=1S/C21H23N7O/c1-5-6-19(29)25-18-10-15(4)26-28(18)21-16-11-24-27(20(16)22-12-23-21)17-8-7-13(2)9-14(17)3/h7-12H,5-6H2,1-4H3,(H,25,29). The number of aryl methyl sites for hydroxylation is 3. The number of aromatic nitrogens is 6. The van der Waals surface area contributed by atoms with Crippen LogP contribution in [0.1, 0.15) is 36.6 Å². The second-order valence-electron chi connectivity index (χ2n) is 7.16. The maximum atomic E-state index is 12.1. The van der Waals surface area contributed by atoms with E-state index in [-0.39, 0.29) is 5.91 Å². The van der Waals surface area contributed by atoms with Gasteiger partial charge in [-0.1, -0.05) is 24.6 Å². The third-order valence-corrected chi connectivity index (χ3v) is 4.70. The molecule has 0 radical (unpaired) electrons. The highest BCUT2D eigenvalue weighted by atomic mass is 16.1. The van der Waals surface area contributed by atoms with Gasteiger partial charge in [0.05, 0.1) is 23.0 Å². The molecule has 148 valence electrons. The number of nitrogens with one attached hydrogen (secondary N) is 1. The van der Waals surface area contributed by atoms with Crippen LogP contribution in [0.5, 0.6) is 0 Å². The number of amides is 1. The SMILES string of the molecule is CCCC(=O)Nc1cc(C)nn1-c1ncnc2c1cnn2-c1ccc(C)cc1C. The molecule has 1 N–H and O–H groups in total. The molecule has 0 atom stereocenters. The average Bonchev–Trinajstić information content (AvgIpc) is 3.25. The van der Waals surface area contributed by atoms with Crippen LogP contribution in [-0.4, -0.2) is 35.4 Å². The number of hydrogen-bond acceptors (Lipinski definition) is 5. The fraction of sp³-hybridized carbons (Fsp3) is 0.286. The summed E-state index contributed by atoms with van der Waals surface area (Å²) in [5.41, 5.74) is 4.73. The number of anilines is 1. The van der Waals surface area contributed by atoms with Crippen LogP contribution >= 0.6 is 0 Å². The molecule has 0 saturated carbocycles. The Morgan fingerprint density at radius 1 is 1.10 bits per heavy atom. The minimum absolute atomic E-state index is 0.0510. The topological polar surface area (TPSA) is 90.5 Å². The molecule has 0 aliphatic heterocycles. The molecule has 0 aliphatic carbocycles. The van der Waals surface area contributed by atoms with Crippen molar-refractivity contribution < 1.29 is 4.79 Å². The minimum Gasteiger partial charge on any atom is -0.311 e. The molecule has 0 spiro atoms. The predicted molar refractivity (Wildman–Crippen MR) is 112 cm³/mol. The van der Waals surface area contributed by atoms with Crippen molar-refractivity contribution in [1.82, 2.24) is 29.5 Å². The van der Waals surface area contributed by atoms with Crippen molar-refractivity contribution in [2.24, 2.45) is 0 Å². The molecule has 0 bridgehead atoms. The van der Waals surface area contributed by atoms with E-state index in [9.17, 15) is 4.79 Å².